The maximum absolute atomic E-state index is 6.01. The molecule has 1 aromatic heterocycles. The lowest BCUT2D eigenvalue weighted by molar-refractivity contribution is 0.0888. The highest BCUT2D eigenvalue weighted by Crippen LogP contribution is 2.20. The van der Waals surface area contributed by atoms with Crippen LogP contribution in [0.2, 0.25) is 5.02 Å². The van der Waals surface area contributed by atoms with Crippen LogP contribution in [-0.2, 0) is 16.0 Å². The fourth-order valence-corrected chi connectivity index (χ4v) is 3.09. The van der Waals surface area contributed by atoms with E-state index in [-0.39, 0.29) is 24.0 Å². The van der Waals surface area contributed by atoms with E-state index < -0.39 is 0 Å². The molecule has 1 aliphatic rings. The first kappa shape index (κ1) is 24.8. The molecule has 1 fully saturated rings. The van der Waals surface area contributed by atoms with Gasteiger partial charge in [0.2, 0.25) is 11.7 Å². The Bertz CT molecular complexity index is 783. The number of rotatable bonds is 10. The van der Waals surface area contributed by atoms with Crippen molar-refractivity contribution >= 4 is 41.5 Å². The predicted molar refractivity (Wildman–Crippen MR) is 127 cm³/mol. The molecule has 166 valence electrons. The highest BCUT2D eigenvalue weighted by Gasteiger charge is 2.15. The van der Waals surface area contributed by atoms with Crippen LogP contribution in [0.25, 0.3) is 11.4 Å². The molecule has 1 unspecified atom stereocenters. The zero-order valence-electron chi connectivity index (χ0n) is 17.1. The number of aromatic nitrogens is 2. The van der Waals surface area contributed by atoms with Crippen LogP contribution in [0.15, 0.2) is 33.8 Å². The van der Waals surface area contributed by atoms with Gasteiger partial charge in [-0.05, 0) is 31.9 Å². The quantitative estimate of drug-likeness (QED) is 0.203. The van der Waals surface area contributed by atoms with Crippen molar-refractivity contribution in [2.45, 2.75) is 26.3 Å². The summed E-state index contributed by atoms with van der Waals surface area (Å²) in [4.78, 5) is 8.89. The molecule has 0 saturated carbocycles. The Morgan fingerprint density at radius 2 is 2.27 bits per heavy atom. The van der Waals surface area contributed by atoms with Gasteiger partial charge < -0.3 is 24.6 Å². The summed E-state index contributed by atoms with van der Waals surface area (Å²) in [7, 11) is 0. The van der Waals surface area contributed by atoms with Crippen molar-refractivity contribution in [3.05, 3.63) is 35.2 Å². The molecule has 8 nitrogen and oxygen atoms in total. The Hall–Kier alpha value is -1.43. The Morgan fingerprint density at radius 3 is 3.03 bits per heavy atom. The van der Waals surface area contributed by atoms with E-state index in [1.54, 1.807) is 12.1 Å². The van der Waals surface area contributed by atoms with Crippen molar-refractivity contribution in [2.24, 2.45) is 10.9 Å². The number of nitrogens with zero attached hydrogens (tertiary/aromatic N) is 3. The van der Waals surface area contributed by atoms with Gasteiger partial charge in [0.25, 0.3) is 0 Å². The van der Waals surface area contributed by atoms with Gasteiger partial charge in [-0.25, -0.2) is 4.99 Å². The second kappa shape index (κ2) is 13.8. The van der Waals surface area contributed by atoms with Crippen molar-refractivity contribution in [3.63, 3.8) is 0 Å². The van der Waals surface area contributed by atoms with Gasteiger partial charge in [0.15, 0.2) is 5.96 Å². The van der Waals surface area contributed by atoms with Crippen LogP contribution < -0.4 is 10.6 Å². The van der Waals surface area contributed by atoms with Crippen LogP contribution in [0, 0.1) is 5.92 Å². The SMILES string of the molecule is CCNC(=NCc1nc(-c2cccc(Cl)c2)no1)NCCCOCC1CCOC1.I. The normalized spacial score (nSPS) is 16.3. The number of ether oxygens (including phenoxy) is 2. The molecule has 2 N–H and O–H groups in total. The van der Waals surface area contributed by atoms with Crippen LogP contribution in [0.4, 0.5) is 0 Å². The van der Waals surface area contributed by atoms with E-state index in [0.717, 1.165) is 57.9 Å². The van der Waals surface area contributed by atoms with Gasteiger partial charge in [-0.1, -0.05) is 28.9 Å². The Balaban J connectivity index is 0.00000320. The molecule has 1 aliphatic heterocycles. The minimum atomic E-state index is 0. The van der Waals surface area contributed by atoms with Crippen LogP contribution >= 0.6 is 35.6 Å². The van der Waals surface area contributed by atoms with Crippen LogP contribution in [0.1, 0.15) is 25.7 Å². The van der Waals surface area contributed by atoms with Crippen molar-refractivity contribution in [3.8, 4) is 11.4 Å². The third-order valence-electron chi connectivity index (χ3n) is 4.40. The summed E-state index contributed by atoms with van der Waals surface area (Å²) in [5.41, 5.74) is 0.811. The number of hydrogen-bond donors (Lipinski definition) is 2. The van der Waals surface area contributed by atoms with Crippen LogP contribution in [-0.4, -0.2) is 55.6 Å². The maximum atomic E-state index is 6.01. The molecule has 0 bridgehead atoms. The Kier molecular flexibility index (Phi) is 11.4. The van der Waals surface area contributed by atoms with E-state index >= 15 is 0 Å². The van der Waals surface area contributed by atoms with E-state index in [0.29, 0.717) is 35.2 Å². The molecule has 0 amide bonds. The van der Waals surface area contributed by atoms with Gasteiger partial charge in [-0.15, -0.1) is 24.0 Å². The third-order valence-corrected chi connectivity index (χ3v) is 4.64. The average molecular weight is 550 g/mol. The second-order valence-electron chi connectivity index (χ2n) is 6.80. The Labute approximate surface area is 199 Å². The van der Waals surface area contributed by atoms with E-state index in [1.165, 1.54) is 0 Å². The highest BCUT2D eigenvalue weighted by molar-refractivity contribution is 14.0. The summed E-state index contributed by atoms with van der Waals surface area (Å²) >= 11 is 6.01. The zero-order chi connectivity index (χ0) is 20.3. The van der Waals surface area contributed by atoms with Gasteiger partial charge in [0, 0.05) is 42.8 Å². The van der Waals surface area contributed by atoms with Crippen LogP contribution in [0.5, 0.6) is 0 Å². The minimum Gasteiger partial charge on any atom is -0.381 e. The van der Waals surface area contributed by atoms with E-state index in [4.69, 9.17) is 25.6 Å². The van der Waals surface area contributed by atoms with Gasteiger partial charge in [0.05, 0.1) is 13.2 Å². The number of guanidine groups is 1. The number of nitrogens with one attached hydrogen (secondary N) is 2. The number of hydrogen-bond acceptors (Lipinski definition) is 6. The second-order valence-corrected chi connectivity index (χ2v) is 7.24. The van der Waals surface area contributed by atoms with Crippen molar-refractivity contribution < 1.29 is 14.0 Å². The highest BCUT2D eigenvalue weighted by atomic mass is 127. The molecular formula is C20H29ClIN5O3. The molecule has 0 radical (unpaired) electrons. The summed E-state index contributed by atoms with van der Waals surface area (Å²) in [6.45, 7) is 7.03. The monoisotopic (exact) mass is 549 g/mol. The summed E-state index contributed by atoms with van der Waals surface area (Å²) < 4.78 is 16.4. The summed E-state index contributed by atoms with van der Waals surface area (Å²) in [6, 6.07) is 7.34. The Morgan fingerprint density at radius 1 is 1.37 bits per heavy atom. The third kappa shape index (κ3) is 8.37. The molecule has 3 rings (SSSR count). The number of halogens is 2. The molecule has 30 heavy (non-hydrogen) atoms. The fraction of sp³-hybridized carbons (Fsp3) is 0.550. The molecule has 0 spiro atoms. The van der Waals surface area contributed by atoms with Crippen molar-refractivity contribution in [2.75, 3.05) is 39.5 Å². The van der Waals surface area contributed by atoms with E-state index in [1.807, 2.05) is 19.1 Å². The lowest BCUT2D eigenvalue weighted by atomic mass is 10.1. The smallest absolute Gasteiger partial charge is 0.248 e. The van der Waals surface area contributed by atoms with Gasteiger partial charge in [-0.3, -0.25) is 0 Å². The van der Waals surface area contributed by atoms with Crippen molar-refractivity contribution in [1.82, 2.24) is 20.8 Å². The lowest BCUT2D eigenvalue weighted by Gasteiger charge is -2.12. The molecular weight excluding hydrogens is 521 g/mol. The first-order valence-corrected chi connectivity index (χ1v) is 10.4. The van der Waals surface area contributed by atoms with E-state index in [9.17, 15) is 0 Å². The molecule has 2 heterocycles. The first-order valence-electron chi connectivity index (χ1n) is 10.0. The number of benzene rings is 1. The zero-order valence-corrected chi connectivity index (χ0v) is 20.2. The largest absolute Gasteiger partial charge is 0.381 e. The fourth-order valence-electron chi connectivity index (χ4n) is 2.90. The summed E-state index contributed by atoms with van der Waals surface area (Å²) in [5, 5.41) is 11.1. The van der Waals surface area contributed by atoms with Gasteiger partial charge in [0.1, 0.15) is 6.54 Å². The number of aliphatic imine (C=N–C) groups is 1. The molecule has 1 aromatic carbocycles. The van der Waals surface area contributed by atoms with Gasteiger partial charge in [-0.2, -0.15) is 4.98 Å². The minimum absolute atomic E-state index is 0. The van der Waals surface area contributed by atoms with Gasteiger partial charge >= 0.3 is 0 Å². The topological polar surface area (TPSA) is 93.8 Å². The predicted octanol–water partition coefficient (Wildman–Crippen LogP) is 3.51. The molecule has 10 heteroatoms. The first-order chi connectivity index (χ1) is 14.2. The summed E-state index contributed by atoms with van der Waals surface area (Å²) in [5.74, 6) is 2.20. The molecule has 0 aliphatic carbocycles. The maximum Gasteiger partial charge on any atom is 0.248 e. The van der Waals surface area contributed by atoms with E-state index in [2.05, 4.69) is 25.8 Å². The molecule has 2 aromatic rings. The van der Waals surface area contributed by atoms with Crippen molar-refractivity contribution in [1.29, 1.82) is 0 Å². The van der Waals surface area contributed by atoms with Crippen LogP contribution in [0.3, 0.4) is 0 Å². The average Bonchev–Trinajstić information content (AvgIpc) is 3.40. The molecule has 1 saturated heterocycles. The lowest BCUT2D eigenvalue weighted by Crippen LogP contribution is -2.38. The molecule has 1 atom stereocenters. The summed E-state index contributed by atoms with van der Waals surface area (Å²) in [6.07, 6.45) is 2.00. The standard InChI is InChI=1S/C20H28ClN5O3.HI/c1-2-22-20(23-8-4-9-27-13-15-7-10-28-14-15)24-12-18-25-19(26-29-18)16-5-3-6-17(21)11-16;/h3,5-6,11,15H,2,4,7-10,12-14H2,1H3,(H2,22,23,24);1H.